The van der Waals surface area contributed by atoms with Gasteiger partial charge in [-0.3, -0.25) is 9.78 Å². The molecular weight excluding hydrogens is 480 g/mol. The van der Waals surface area contributed by atoms with E-state index in [4.69, 9.17) is 9.97 Å². The lowest BCUT2D eigenvalue weighted by atomic mass is 10.0. The first-order chi connectivity index (χ1) is 18.0. The number of aryl methyl sites for hydroxylation is 4. The number of benzene rings is 2. The molecule has 0 aliphatic carbocycles. The molecule has 2 aromatic heterocycles. The number of aromatic amines is 1. The van der Waals surface area contributed by atoms with Gasteiger partial charge in [0.15, 0.2) is 5.82 Å². The highest BCUT2D eigenvalue weighted by Gasteiger charge is 2.23. The molecule has 2 N–H and O–H groups in total. The second-order valence-electron chi connectivity index (χ2n) is 9.96. The van der Waals surface area contributed by atoms with E-state index in [1.807, 2.05) is 0 Å². The molecule has 0 saturated heterocycles. The molecule has 0 fully saturated rings. The molecule has 7 heteroatoms. The Balaban J connectivity index is 1.32. The zero-order valence-electron chi connectivity index (χ0n) is 21.6. The van der Waals surface area contributed by atoms with Crippen LogP contribution in [0.3, 0.4) is 0 Å². The average Bonchev–Trinajstić information content (AvgIpc) is 3.22. The lowest BCUT2D eigenvalue weighted by molar-refractivity contribution is 0.448. The Labute approximate surface area is 222 Å². The lowest BCUT2D eigenvalue weighted by Crippen LogP contribution is -2.32. The second kappa shape index (κ2) is 11.3. The highest BCUT2D eigenvalue weighted by Crippen LogP contribution is 2.35. The van der Waals surface area contributed by atoms with Crippen molar-refractivity contribution in [1.82, 2.24) is 15.0 Å². The number of H-pyrrole nitrogens is 1. The van der Waals surface area contributed by atoms with Gasteiger partial charge in [0, 0.05) is 24.2 Å². The largest absolute Gasteiger partial charge is 0.494 e. The Morgan fingerprint density at radius 2 is 1.51 bits per heavy atom. The van der Waals surface area contributed by atoms with Gasteiger partial charge in [0.05, 0.1) is 22.0 Å². The molecule has 1 aliphatic rings. The lowest BCUT2D eigenvalue weighted by Gasteiger charge is -2.30. The van der Waals surface area contributed by atoms with E-state index in [9.17, 15) is 9.90 Å². The minimum absolute atomic E-state index is 0.0351. The number of nitrogens with zero attached hydrogens (tertiary/aromatic N) is 3. The molecule has 1 aliphatic heterocycles. The summed E-state index contributed by atoms with van der Waals surface area (Å²) in [6.07, 6.45) is 7.00. The molecule has 0 spiro atoms. The maximum absolute atomic E-state index is 11.4. The Morgan fingerprint density at radius 1 is 0.892 bits per heavy atom. The maximum atomic E-state index is 11.4. The van der Waals surface area contributed by atoms with Crippen molar-refractivity contribution in [3.8, 4) is 28.4 Å². The molecule has 2 aromatic carbocycles. The van der Waals surface area contributed by atoms with Crippen LogP contribution in [0, 0.1) is 13.8 Å². The standard InChI is InChI=1S/C30H34N4O2S/c1-20-10-14-22(15-11-20)26-27(23-16-12-21(2)13-17-23)32-28-24(31-26)8-7-19-34(28)18-6-4-3-5-9-25-29(35)33-30(36)37-25/h10-17,35H,3-9,18-19H2,1-2H3,(H,33,36). The highest BCUT2D eigenvalue weighted by atomic mass is 32.1. The molecule has 0 saturated carbocycles. The topological polar surface area (TPSA) is 82.1 Å². The molecule has 0 amide bonds. The molecule has 4 aromatic rings. The predicted octanol–water partition coefficient (Wildman–Crippen LogP) is 6.44. The third-order valence-corrected chi connectivity index (χ3v) is 7.95. The van der Waals surface area contributed by atoms with Gasteiger partial charge in [0.2, 0.25) is 5.88 Å². The monoisotopic (exact) mass is 514 g/mol. The van der Waals surface area contributed by atoms with Gasteiger partial charge in [0.25, 0.3) is 0 Å². The fourth-order valence-corrected chi connectivity index (χ4v) is 5.70. The van der Waals surface area contributed by atoms with Crippen LogP contribution in [0.25, 0.3) is 22.5 Å². The number of anilines is 1. The number of fused-ring (bicyclic) bond motifs is 1. The van der Waals surface area contributed by atoms with Crippen molar-refractivity contribution in [2.24, 2.45) is 0 Å². The molecule has 0 bridgehead atoms. The Hall–Kier alpha value is -3.45. The SMILES string of the molecule is Cc1ccc(-c2nc3c(nc2-c2ccc(C)cc2)N(CCCCCCc2sc(=O)[nH]c2O)CCC3)cc1. The van der Waals surface area contributed by atoms with Crippen molar-refractivity contribution in [2.75, 3.05) is 18.0 Å². The normalized spacial score (nSPS) is 13.1. The molecule has 37 heavy (non-hydrogen) atoms. The summed E-state index contributed by atoms with van der Waals surface area (Å²) in [5, 5.41) is 9.76. The summed E-state index contributed by atoms with van der Waals surface area (Å²) >= 11 is 1.11. The molecule has 0 unspecified atom stereocenters. The fourth-order valence-electron chi connectivity index (χ4n) is 4.93. The van der Waals surface area contributed by atoms with E-state index in [1.165, 1.54) is 11.1 Å². The van der Waals surface area contributed by atoms with Crippen molar-refractivity contribution >= 4 is 17.2 Å². The summed E-state index contributed by atoms with van der Waals surface area (Å²) in [7, 11) is 0. The third kappa shape index (κ3) is 5.93. The first-order valence-electron chi connectivity index (χ1n) is 13.2. The van der Waals surface area contributed by atoms with Crippen LogP contribution in [-0.4, -0.2) is 33.1 Å². The minimum Gasteiger partial charge on any atom is -0.494 e. The van der Waals surface area contributed by atoms with E-state index in [1.54, 1.807) is 0 Å². The van der Waals surface area contributed by atoms with E-state index in [2.05, 4.69) is 72.3 Å². The zero-order valence-corrected chi connectivity index (χ0v) is 22.4. The number of hydrogen-bond acceptors (Lipinski definition) is 6. The molecule has 0 atom stereocenters. The van der Waals surface area contributed by atoms with Crippen LogP contribution >= 0.6 is 11.3 Å². The van der Waals surface area contributed by atoms with Crippen LogP contribution in [0.15, 0.2) is 53.3 Å². The Kier molecular flexibility index (Phi) is 7.70. The van der Waals surface area contributed by atoms with Gasteiger partial charge in [-0.1, -0.05) is 83.8 Å². The minimum atomic E-state index is -0.187. The second-order valence-corrected chi connectivity index (χ2v) is 11.0. The van der Waals surface area contributed by atoms with Crippen molar-refractivity contribution in [2.45, 2.75) is 58.8 Å². The highest BCUT2D eigenvalue weighted by molar-refractivity contribution is 7.09. The van der Waals surface area contributed by atoms with E-state index >= 15 is 0 Å². The van der Waals surface area contributed by atoms with Crippen LogP contribution in [-0.2, 0) is 12.8 Å². The van der Waals surface area contributed by atoms with Crippen LogP contribution < -0.4 is 9.77 Å². The number of nitrogens with one attached hydrogen (secondary N) is 1. The van der Waals surface area contributed by atoms with Crippen LogP contribution in [0.4, 0.5) is 5.82 Å². The van der Waals surface area contributed by atoms with Crippen LogP contribution in [0.5, 0.6) is 5.88 Å². The Morgan fingerprint density at radius 3 is 2.14 bits per heavy atom. The van der Waals surface area contributed by atoms with Crippen molar-refractivity contribution in [3.63, 3.8) is 0 Å². The number of rotatable bonds is 9. The molecular formula is C30H34N4O2S. The average molecular weight is 515 g/mol. The summed E-state index contributed by atoms with van der Waals surface area (Å²) in [6, 6.07) is 17.1. The quantitative estimate of drug-likeness (QED) is 0.251. The number of thiazole rings is 1. The smallest absolute Gasteiger partial charge is 0.307 e. The first kappa shape index (κ1) is 25.2. The van der Waals surface area contributed by atoms with Crippen LogP contribution in [0.2, 0.25) is 0 Å². The summed E-state index contributed by atoms with van der Waals surface area (Å²) in [4.78, 5) is 27.3. The van der Waals surface area contributed by atoms with Gasteiger partial charge in [-0.25, -0.2) is 9.97 Å². The van der Waals surface area contributed by atoms with E-state index < -0.39 is 0 Å². The third-order valence-electron chi connectivity index (χ3n) is 7.02. The number of aromatic nitrogens is 3. The fraction of sp³-hybridized carbons (Fsp3) is 0.367. The Bertz CT molecular complexity index is 1410. The summed E-state index contributed by atoms with van der Waals surface area (Å²) in [5.74, 6) is 1.06. The number of hydrogen-bond donors (Lipinski definition) is 2. The maximum Gasteiger partial charge on any atom is 0.307 e. The molecule has 6 nitrogen and oxygen atoms in total. The van der Waals surface area contributed by atoms with Crippen LogP contribution in [0.1, 0.15) is 53.8 Å². The van der Waals surface area contributed by atoms with Gasteiger partial charge >= 0.3 is 4.87 Å². The first-order valence-corrected chi connectivity index (χ1v) is 14.0. The predicted molar refractivity (Wildman–Crippen MR) is 152 cm³/mol. The van der Waals surface area contributed by atoms with Crippen molar-refractivity contribution < 1.29 is 5.11 Å². The van der Waals surface area contributed by atoms with Gasteiger partial charge < -0.3 is 10.0 Å². The van der Waals surface area contributed by atoms with Gasteiger partial charge in [0.1, 0.15) is 0 Å². The number of unbranched alkanes of at least 4 members (excludes halogenated alkanes) is 3. The van der Waals surface area contributed by atoms with Gasteiger partial charge in [-0.2, -0.15) is 0 Å². The molecule has 5 rings (SSSR count). The summed E-state index contributed by atoms with van der Waals surface area (Å²) in [6.45, 7) is 6.17. The van der Waals surface area contributed by atoms with Crippen molar-refractivity contribution in [3.05, 3.63) is 79.9 Å². The van der Waals surface area contributed by atoms with Gasteiger partial charge in [-0.05, 0) is 46.0 Å². The van der Waals surface area contributed by atoms with E-state index in [0.717, 1.165) is 108 Å². The van der Waals surface area contributed by atoms with E-state index in [-0.39, 0.29) is 10.8 Å². The molecule has 3 heterocycles. The van der Waals surface area contributed by atoms with Crippen molar-refractivity contribution in [1.29, 1.82) is 0 Å². The number of aromatic hydroxyl groups is 1. The summed E-state index contributed by atoms with van der Waals surface area (Å²) < 4.78 is 0. The molecule has 0 radical (unpaired) electrons. The van der Waals surface area contributed by atoms with Gasteiger partial charge in [-0.15, -0.1) is 0 Å². The molecule has 192 valence electrons. The summed E-state index contributed by atoms with van der Waals surface area (Å²) in [5.41, 5.74) is 7.66. The van der Waals surface area contributed by atoms with E-state index in [0.29, 0.717) is 0 Å². The zero-order chi connectivity index (χ0) is 25.8.